The van der Waals surface area contributed by atoms with Crippen molar-refractivity contribution >= 4 is 16.9 Å². The molecule has 194 valence electrons. The van der Waals surface area contributed by atoms with Crippen molar-refractivity contribution in [2.24, 2.45) is 5.41 Å². The number of hydrogen-bond acceptors (Lipinski definition) is 5. The molecule has 0 amide bonds. The van der Waals surface area contributed by atoms with Crippen LogP contribution in [0.5, 0.6) is 0 Å². The number of methoxy groups -OCH3 is 1. The number of aryl methyl sites for hydroxylation is 1. The zero-order valence-corrected chi connectivity index (χ0v) is 22.0. The Morgan fingerprint density at radius 1 is 1.31 bits per heavy atom. The quantitative estimate of drug-likeness (QED) is 0.353. The summed E-state index contributed by atoms with van der Waals surface area (Å²) in [5.41, 5.74) is 6.35. The lowest BCUT2D eigenvalue weighted by Crippen LogP contribution is -2.20. The van der Waals surface area contributed by atoms with Gasteiger partial charge in [-0.3, -0.25) is 9.78 Å². The summed E-state index contributed by atoms with van der Waals surface area (Å²) in [4.78, 5) is 15.5. The molecule has 0 bridgehead atoms. The van der Waals surface area contributed by atoms with Crippen LogP contribution in [0.25, 0.3) is 22.2 Å². The van der Waals surface area contributed by atoms with Crippen molar-refractivity contribution in [2.75, 3.05) is 20.3 Å². The molecule has 0 unspecified atom stereocenters. The Morgan fingerprint density at radius 3 is 2.75 bits per heavy atom. The number of nitrogens with zero attached hydrogens (tertiary/aromatic N) is 2. The maximum atomic E-state index is 10.8. The normalized spacial score (nSPS) is 18.5. The Labute approximate surface area is 213 Å². The fourth-order valence-electron chi connectivity index (χ4n) is 5.08. The van der Waals surface area contributed by atoms with Gasteiger partial charge >= 0.3 is 5.97 Å². The molecule has 0 saturated heterocycles. The first-order valence-electron chi connectivity index (χ1n) is 12.8. The molecule has 3 aromatic rings. The van der Waals surface area contributed by atoms with Crippen LogP contribution in [0.15, 0.2) is 36.5 Å². The van der Waals surface area contributed by atoms with E-state index in [4.69, 9.17) is 14.6 Å². The van der Waals surface area contributed by atoms with Gasteiger partial charge in [-0.2, -0.15) is 0 Å². The van der Waals surface area contributed by atoms with E-state index in [1.807, 2.05) is 13.0 Å². The van der Waals surface area contributed by atoms with Gasteiger partial charge in [-0.15, -0.1) is 0 Å². The number of benzene rings is 1. The summed E-state index contributed by atoms with van der Waals surface area (Å²) in [5.74, 6) is -0.562. The van der Waals surface area contributed by atoms with Crippen molar-refractivity contribution in [3.63, 3.8) is 0 Å². The van der Waals surface area contributed by atoms with Crippen molar-refractivity contribution in [3.05, 3.63) is 53.3 Å². The highest BCUT2D eigenvalue weighted by Crippen LogP contribution is 2.46. The van der Waals surface area contributed by atoms with Crippen LogP contribution >= 0.6 is 0 Å². The minimum Gasteiger partial charge on any atom is -0.481 e. The molecular formula is C29H38N2O5. The summed E-state index contributed by atoms with van der Waals surface area (Å²) >= 11 is 0. The van der Waals surface area contributed by atoms with Crippen LogP contribution in [-0.4, -0.2) is 52.2 Å². The highest BCUT2D eigenvalue weighted by Gasteiger charge is 2.40. The molecule has 2 aromatic heterocycles. The second-order valence-corrected chi connectivity index (χ2v) is 10.6. The number of aliphatic hydroxyl groups is 1. The van der Waals surface area contributed by atoms with E-state index in [1.54, 1.807) is 13.3 Å². The molecule has 0 radical (unpaired) electrons. The predicted octanol–water partition coefficient (Wildman–Crippen LogP) is 5.34. The molecule has 4 rings (SSSR count). The highest BCUT2D eigenvalue weighted by molar-refractivity contribution is 5.93. The molecule has 36 heavy (non-hydrogen) atoms. The summed E-state index contributed by atoms with van der Waals surface area (Å²) in [6.45, 7) is 9.47. The number of pyridine rings is 1. The fraction of sp³-hybridized carbons (Fsp3) is 0.517. The van der Waals surface area contributed by atoms with Gasteiger partial charge in [0.2, 0.25) is 0 Å². The first-order chi connectivity index (χ1) is 17.2. The summed E-state index contributed by atoms with van der Waals surface area (Å²) in [7, 11) is 1.70. The fourth-order valence-corrected chi connectivity index (χ4v) is 5.08. The first-order valence-corrected chi connectivity index (χ1v) is 12.8. The number of fused-ring (bicyclic) bond motifs is 1. The molecule has 3 atom stereocenters. The van der Waals surface area contributed by atoms with E-state index in [0.717, 1.165) is 35.4 Å². The number of carboxylic acids is 1. The monoisotopic (exact) mass is 494 g/mol. The van der Waals surface area contributed by atoms with Gasteiger partial charge in [0.15, 0.2) is 0 Å². The molecule has 2 N–H and O–H groups in total. The third kappa shape index (κ3) is 5.33. The molecule has 1 aliphatic carbocycles. The summed E-state index contributed by atoms with van der Waals surface area (Å²) in [5, 5.41) is 20.2. The van der Waals surface area contributed by atoms with E-state index in [9.17, 15) is 9.90 Å². The maximum Gasteiger partial charge on any atom is 0.305 e. The van der Waals surface area contributed by atoms with Gasteiger partial charge in [0.25, 0.3) is 0 Å². The van der Waals surface area contributed by atoms with Crippen LogP contribution < -0.4 is 0 Å². The van der Waals surface area contributed by atoms with Gasteiger partial charge in [0.05, 0.1) is 36.6 Å². The Hall–Kier alpha value is -2.74. The molecule has 7 heteroatoms. The second kappa shape index (κ2) is 10.7. The number of aromatic nitrogens is 2. The van der Waals surface area contributed by atoms with Gasteiger partial charge in [0, 0.05) is 48.8 Å². The standard InChI is InChI=1S/C29H38N2O5/c1-6-31-24-10-9-19(21-15-25(21)36-13-11-26(33)34)14-22(24)23(16-29(3,4)17-32)28(31)20-8-7-12-30-27(20)18(2)35-5/h7-10,12,14,18,21,25,32H,6,11,13,15-17H2,1-5H3,(H,33,34)/t18-,21-,25+/m0/s1. The van der Waals surface area contributed by atoms with Crippen molar-refractivity contribution in [2.45, 2.75) is 71.6 Å². The molecule has 2 heterocycles. The number of aliphatic hydroxyl groups excluding tert-OH is 1. The summed E-state index contributed by atoms with van der Waals surface area (Å²) < 4.78 is 13.8. The van der Waals surface area contributed by atoms with Gasteiger partial charge < -0.3 is 24.3 Å². The van der Waals surface area contributed by atoms with Crippen molar-refractivity contribution in [1.82, 2.24) is 9.55 Å². The number of aliphatic carboxylic acids is 1. The number of ether oxygens (including phenoxy) is 2. The molecule has 1 fully saturated rings. The Bertz CT molecular complexity index is 1230. The lowest BCUT2D eigenvalue weighted by atomic mass is 9.84. The van der Waals surface area contributed by atoms with Gasteiger partial charge in [-0.25, -0.2) is 0 Å². The van der Waals surface area contributed by atoms with E-state index in [0.29, 0.717) is 6.42 Å². The van der Waals surface area contributed by atoms with E-state index < -0.39 is 5.97 Å². The first kappa shape index (κ1) is 26.3. The number of carbonyl (C=O) groups is 1. The van der Waals surface area contributed by atoms with Crippen LogP contribution in [0.3, 0.4) is 0 Å². The molecule has 0 spiro atoms. The SMILES string of the molecule is CCn1c(-c2cccnc2[C@H](C)OC)c(CC(C)(C)CO)c2cc([C@@H]3C[C@H]3OCCC(=O)O)ccc21. The highest BCUT2D eigenvalue weighted by atomic mass is 16.5. The Morgan fingerprint density at radius 2 is 2.08 bits per heavy atom. The number of carboxylic acid groups (broad SMARTS) is 1. The average molecular weight is 495 g/mol. The molecule has 7 nitrogen and oxygen atoms in total. The maximum absolute atomic E-state index is 10.8. The van der Waals surface area contributed by atoms with E-state index in [2.05, 4.69) is 54.6 Å². The lowest BCUT2D eigenvalue weighted by molar-refractivity contribution is -0.138. The van der Waals surface area contributed by atoms with Crippen LogP contribution in [-0.2, 0) is 27.2 Å². The zero-order chi connectivity index (χ0) is 26.0. The van der Waals surface area contributed by atoms with Gasteiger partial charge in [0.1, 0.15) is 0 Å². The van der Waals surface area contributed by atoms with Crippen molar-refractivity contribution in [3.8, 4) is 11.3 Å². The van der Waals surface area contributed by atoms with Crippen LogP contribution in [0.1, 0.15) is 69.4 Å². The predicted molar refractivity (Wildman–Crippen MR) is 140 cm³/mol. The minimum atomic E-state index is -0.837. The molecule has 1 aliphatic rings. The molecule has 1 aromatic carbocycles. The zero-order valence-electron chi connectivity index (χ0n) is 22.0. The van der Waals surface area contributed by atoms with Crippen LogP contribution in [0.4, 0.5) is 0 Å². The van der Waals surface area contributed by atoms with E-state index in [-0.39, 0.29) is 43.2 Å². The van der Waals surface area contributed by atoms with E-state index >= 15 is 0 Å². The van der Waals surface area contributed by atoms with Gasteiger partial charge in [-0.05, 0) is 67.5 Å². The lowest BCUT2D eigenvalue weighted by Gasteiger charge is -2.23. The molecule has 1 saturated carbocycles. The minimum absolute atomic E-state index is 0.0265. The van der Waals surface area contributed by atoms with E-state index in [1.165, 1.54) is 16.5 Å². The third-order valence-electron chi connectivity index (χ3n) is 7.23. The Kier molecular flexibility index (Phi) is 7.83. The topological polar surface area (TPSA) is 93.8 Å². The van der Waals surface area contributed by atoms with Crippen LogP contribution in [0, 0.1) is 5.41 Å². The van der Waals surface area contributed by atoms with Crippen molar-refractivity contribution < 1.29 is 24.5 Å². The summed E-state index contributed by atoms with van der Waals surface area (Å²) in [6.07, 6.45) is 3.36. The molecular weight excluding hydrogens is 456 g/mol. The average Bonchev–Trinajstić information content (AvgIpc) is 3.58. The molecule has 0 aliphatic heterocycles. The second-order valence-electron chi connectivity index (χ2n) is 10.6. The number of rotatable bonds is 12. The number of hydrogen-bond donors (Lipinski definition) is 2. The smallest absolute Gasteiger partial charge is 0.305 e. The largest absolute Gasteiger partial charge is 0.481 e. The van der Waals surface area contributed by atoms with Gasteiger partial charge in [-0.1, -0.05) is 19.9 Å². The third-order valence-corrected chi connectivity index (χ3v) is 7.23. The van der Waals surface area contributed by atoms with Crippen LogP contribution in [0.2, 0.25) is 0 Å². The summed E-state index contributed by atoms with van der Waals surface area (Å²) in [6, 6.07) is 10.7. The Balaban J connectivity index is 1.83. The van der Waals surface area contributed by atoms with Crippen molar-refractivity contribution in [1.29, 1.82) is 0 Å².